The predicted octanol–water partition coefficient (Wildman–Crippen LogP) is 4.62. The van der Waals surface area contributed by atoms with E-state index in [9.17, 15) is 0 Å². The molecular formula is C16H22N2S2. The van der Waals surface area contributed by atoms with Crippen LogP contribution in [-0.4, -0.2) is 22.5 Å². The molecule has 0 amide bonds. The van der Waals surface area contributed by atoms with Crippen LogP contribution in [0, 0.1) is 0 Å². The highest BCUT2D eigenvalue weighted by Gasteiger charge is 2.32. The van der Waals surface area contributed by atoms with Crippen molar-refractivity contribution in [3.05, 3.63) is 29.3 Å². The first-order chi connectivity index (χ1) is 9.72. The van der Waals surface area contributed by atoms with Crippen LogP contribution in [0.4, 0.5) is 0 Å². The molecule has 0 spiro atoms. The van der Waals surface area contributed by atoms with E-state index in [1.54, 1.807) is 11.3 Å². The minimum absolute atomic E-state index is 0.374. The molecule has 1 fully saturated rings. The molecule has 3 rings (SSSR count). The van der Waals surface area contributed by atoms with Gasteiger partial charge in [-0.2, -0.15) is 11.8 Å². The SMILES string of the molecule is CSC1(CNC(C)c2cnc3ccsc3c2)CCCC1. The summed E-state index contributed by atoms with van der Waals surface area (Å²) in [6.45, 7) is 3.36. The van der Waals surface area contributed by atoms with E-state index in [1.807, 2.05) is 18.0 Å². The maximum absolute atomic E-state index is 4.54. The van der Waals surface area contributed by atoms with Crippen LogP contribution < -0.4 is 5.32 Å². The average molecular weight is 307 g/mol. The van der Waals surface area contributed by atoms with Crippen molar-refractivity contribution < 1.29 is 0 Å². The molecule has 108 valence electrons. The van der Waals surface area contributed by atoms with Gasteiger partial charge in [-0.1, -0.05) is 12.8 Å². The molecule has 1 aliphatic rings. The second-order valence-electron chi connectivity index (χ2n) is 5.77. The molecule has 0 aromatic carbocycles. The topological polar surface area (TPSA) is 24.9 Å². The van der Waals surface area contributed by atoms with Crippen LogP contribution in [0.5, 0.6) is 0 Å². The van der Waals surface area contributed by atoms with Crippen molar-refractivity contribution in [2.45, 2.75) is 43.4 Å². The molecule has 20 heavy (non-hydrogen) atoms. The number of hydrogen-bond acceptors (Lipinski definition) is 4. The maximum Gasteiger partial charge on any atom is 0.0809 e. The highest BCUT2D eigenvalue weighted by atomic mass is 32.2. The molecule has 2 heterocycles. The molecule has 1 N–H and O–H groups in total. The number of thioether (sulfide) groups is 1. The molecule has 1 saturated carbocycles. The van der Waals surface area contributed by atoms with Gasteiger partial charge in [0.1, 0.15) is 0 Å². The Morgan fingerprint density at radius 2 is 2.25 bits per heavy atom. The van der Waals surface area contributed by atoms with Gasteiger partial charge in [0.15, 0.2) is 0 Å². The van der Waals surface area contributed by atoms with Gasteiger partial charge in [-0.3, -0.25) is 4.98 Å². The summed E-state index contributed by atoms with van der Waals surface area (Å²) in [5, 5.41) is 5.85. The molecule has 2 aromatic rings. The Labute approximate surface area is 129 Å². The summed E-state index contributed by atoms with van der Waals surface area (Å²) < 4.78 is 1.76. The van der Waals surface area contributed by atoms with Crippen molar-refractivity contribution in [3.8, 4) is 0 Å². The van der Waals surface area contributed by atoms with Crippen LogP contribution in [0.2, 0.25) is 0 Å². The Bertz CT molecular complexity index is 573. The summed E-state index contributed by atoms with van der Waals surface area (Å²) in [7, 11) is 0. The van der Waals surface area contributed by atoms with Gasteiger partial charge in [0.2, 0.25) is 0 Å². The van der Waals surface area contributed by atoms with Crippen LogP contribution >= 0.6 is 23.1 Å². The Balaban J connectivity index is 1.67. The average Bonchev–Trinajstić information content (AvgIpc) is 3.13. The molecule has 1 aliphatic carbocycles. The van der Waals surface area contributed by atoms with Gasteiger partial charge < -0.3 is 5.32 Å². The Morgan fingerprint density at radius 3 is 3.00 bits per heavy atom. The Morgan fingerprint density at radius 1 is 1.45 bits per heavy atom. The van der Waals surface area contributed by atoms with Crippen LogP contribution in [-0.2, 0) is 0 Å². The van der Waals surface area contributed by atoms with E-state index in [1.165, 1.54) is 35.9 Å². The van der Waals surface area contributed by atoms with Crippen LogP contribution in [0.15, 0.2) is 23.7 Å². The van der Waals surface area contributed by atoms with E-state index in [0.29, 0.717) is 10.8 Å². The van der Waals surface area contributed by atoms with Gasteiger partial charge >= 0.3 is 0 Å². The number of thiophene rings is 1. The van der Waals surface area contributed by atoms with Gasteiger partial charge in [0, 0.05) is 23.5 Å². The van der Waals surface area contributed by atoms with Crippen LogP contribution in [0.25, 0.3) is 10.2 Å². The number of nitrogens with one attached hydrogen (secondary N) is 1. The summed E-state index contributed by atoms with van der Waals surface area (Å²) in [4.78, 5) is 4.54. The van der Waals surface area contributed by atoms with E-state index >= 15 is 0 Å². The second-order valence-corrected chi connectivity index (χ2v) is 7.99. The second kappa shape index (κ2) is 6.04. The van der Waals surface area contributed by atoms with Crippen molar-refractivity contribution in [2.75, 3.05) is 12.8 Å². The lowest BCUT2D eigenvalue weighted by molar-refractivity contribution is 0.486. The third-order valence-electron chi connectivity index (χ3n) is 4.50. The molecule has 0 radical (unpaired) electrons. The molecule has 4 heteroatoms. The summed E-state index contributed by atoms with van der Waals surface area (Å²) in [5.41, 5.74) is 2.41. The molecule has 1 atom stereocenters. The lowest BCUT2D eigenvalue weighted by atomic mass is 10.1. The fourth-order valence-corrected chi connectivity index (χ4v) is 4.74. The molecule has 0 saturated heterocycles. The van der Waals surface area contributed by atoms with Crippen molar-refractivity contribution in [2.24, 2.45) is 0 Å². The van der Waals surface area contributed by atoms with E-state index < -0.39 is 0 Å². The largest absolute Gasteiger partial charge is 0.309 e. The minimum atomic E-state index is 0.374. The number of pyridine rings is 1. The first-order valence-corrected chi connectivity index (χ1v) is 9.45. The number of hydrogen-bond donors (Lipinski definition) is 1. The summed E-state index contributed by atoms with van der Waals surface area (Å²) in [6.07, 6.45) is 9.77. The fraction of sp³-hybridized carbons (Fsp3) is 0.562. The molecular weight excluding hydrogens is 284 g/mol. The Hall–Kier alpha value is -0.580. The van der Waals surface area contributed by atoms with Crippen LogP contribution in [0.3, 0.4) is 0 Å². The zero-order valence-electron chi connectivity index (χ0n) is 12.2. The van der Waals surface area contributed by atoms with Crippen molar-refractivity contribution in [1.82, 2.24) is 10.3 Å². The normalized spacial score (nSPS) is 19.5. The lowest BCUT2D eigenvalue weighted by Crippen LogP contribution is -2.36. The predicted molar refractivity (Wildman–Crippen MR) is 90.8 cm³/mol. The van der Waals surface area contributed by atoms with Gasteiger partial charge in [-0.15, -0.1) is 11.3 Å². The zero-order valence-corrected chi connectivity index (χ0v) is 13.8. The van der Waals surface area contributed by atoms with Gasteiger partial charge in [-0.25, -0.2) is 0 Å². The number of fused-ring (bicyclic) bond motifs is 1. The highest BCUT2D eigenvalue weighted by molar-refractivity contribution is 8.00. The van der Waals surface area contributed by atoms with E-state index in [-0.39, 0.29) is 0 Å². The van der Waals surface area contributed by atoms with Gasteiger partial charge in [0.25, 0.3) is 0 Å². The fourth-order valence-electron chi connectivity index (χ4n) is 3.03. The monoisotopic (exact) mass is 306 g/mol. The first kappa shape index (κ1) is 14.4. The highest BCUT2D eigenvalue weighted by Crippen LogP contribution is 2.40. The Kier molecular flexibility index (Phi) is 4.34. The van der Waals surface area contributed by atoms with E-state index in [4.69, 9.17) is 0 Å². The number of aromatic nitrogens is 1. The van der Waals surface area contributed by atoms with Crippen molar-refractivity contribution in [1.29, 1.82) is 0 Å². The first-order valence-electron chi connectivity index (χ1n) is 7.34. The molecule has 2 aromatic heterocycles. The van der Waals surface area contributed by atoms with Crippen molar-refractivity contribution in [3.63, 3.8) is 0 Å². The summed E-state index contributed by atoms with van der Waals surface area (Å²) >= 11 is 3.82. The van der Waals surface area contributed by atoms with Crippen molar-refractivity contribution >= 4 is 33.3 Å². The third kappa shape index (κ3) is 2.87. The number of rotatable bonds is 5. The minimum Gasteiger partial charge on any atom is -0.309 e. The molecule has 1 unspecified atom stereocenters. The molecule has 0 aliphatic heterocycles. The van der Waals surface area contributed by atoms with Crippen LogP contribution in [0.1, 0.15) is 44.2 Å². The standard InChI is InChI=1S/C16H22N2S2/c1-12(18-11-16(19-2)6-3-4-7-16)13-9-15-14(17-10-13)5-8-20-15/h5,8-10,12,18H,3-4,6-7,11H2,1-2H3. The summed E-state index contributed by atoms with van der Waals surface area (Å²) in [6, 6.07) is 4.74. The number of nitrogens with zero attached hydrogens (tertiary/aromatic N) is 1. The molecule has 0 bridgehead atoms. The smallest absolute Gasteiger partial charge is 0.0809 e. The van der Waals surface area contributed by atoms with Gasteiger partial charge in [0.05, 0.1) is 10.2 Å². The quantitative estimate of drug-likeness (QED) is 0.872. The molecule has 2 nitrogen and oxygen atoms in total. The van der Waals surface area contributed by atoms with Gasteiger partial charge in [-0.05, 0) is 49.1 Å². The zero-order chi connectivity index (χ0) is 14.0. The summed E-state index contributed by atoms with van der Waals surface area (Å²) in [5.74, 6) is 0. The third-order valence-corrected chi connectivity index (χ3v) is 6.77. The lowest BCUT2D eigenvalue weighted by Gasteiger charge is -2.29. The maximum atomic E-state index is 4.54. The van der Waals surface area contributed by atoms with E-state index in [2.05, 4.69) is 41.0 Å². The van der Waals surface area contributed by atoms with E-state index in [0.717, 1.165) is 12.1 Å².